The molecule has 0 saturated carbocycles. The van der Waals surface area contributed by atoms with Gasteiger partial charge in [0.05, 0.1) is 0 Å². The molecular weight excluding hydrogens is 180 g/mol. The summed E-state index contributed by atoms with van der Waals surface area (Å²) in [5.74, 6) is -0.403. The van der Waals surface area contributed by atoms with Crippen LogP contribution in [0.15, 0.2) is 25.3 Å². The highest BCUT2D eigenvalue weighted by Crippen LogP contribution is 1.88. The maximum Gasteiger partial charge on any atom is 0.243 e. The van der Waals surface area contributed by atoms with E-state index in [0.717, 1.165) is 0 Å². The van der Waals surface area contributed by atoms with Gasteiger partial charge in [0, 0.05) is 12.6 Å². The number of rotatable bonds is 6. The summed E-state index contributed by atoms with van der Waals surface area (Å²) >= 11 is 0. The van der Waals surface area contributed by atoms with Gasteiger partial charge in [0.2, 0.25) is 11.8 Å². The molecule has 0 aromatic heterocycles. The number of hydrogen-bond acceptors (Lipinski definition) is 2. The molecule has 1 unspecified atom stereocenters. The molecule has 78 valence electrons. The number of hydrogen-bond donors (Lipinski definition) is 2. The molecule has 0 aromatic rings. The van der Waals surface area contributed by atoms with Gasteiger partial charge in [-0.15, -0.1) is 0 Å². The van der Waals surface area contributed by atoms with Gasteiger partial charge in [0.25, 0.3) is 0 Å². The average Bonchev–Trinajstić information content (AvgIpc) is 2.17. The molecular formula is C10H16N2O2. The fraction of sp³-hybridized carbons (Fsp3) is 0.400. The summed E-state index contributed by atoms with van der Waals surface area (Å²) in [6.07, 6.45) is 3.12. The highest BCUT2D eigenvalue weighted by Gasteiger charge is 2.03. The first-order valence-corrected chi connectivity index (χ1v) is 4.43. The first-order chi connectivity index (χ1) is 6.60. The standard InChI is InChI=1S/C10H16N2O2/c1-4-9(13)11-7-6-8(3)12-10(14)5-2/h4-5,8H,1-2,6-7H2,3H3,(H,11,13)(H,12,14). The highest BCUT2D eigenvalue weighted by atomic mass is 16.2. The molecule has 0 rings (SSSR count). The van der Waals surface area contributed by atoms with E-state index in [2.05, 4.69) is 23.8 Å². The molecule has 0 spiro atoms. The van der Waals surface area contributed by atoms with Gasteiger partial charge in [-0.2, -0.15) is 0 Å². The highest BCUT2D eigenvalue weighted by molar-refractivity contribution is 5.87. The molecule has 1 atom stereocenters. The Morgan fingerprint density at radius 2 is 1.86 bits per heavy atom. The molecule has 4 nitrogen and oxygen atoms in total. The third-order valence-electron chi connectivity index (χ3n) is 1.64. The molecule has 0 saturated heterocycles. The fourth-order valence-electron chi connectivity index (χ4n) is 0.858. The van der Waals surface area contributed by atoms with E-state index >= 15 is 0 Å². The van der Waals surface area contributed by atoms with E-state index in [-0.39, 0.29) is 17.9 Å². The first kappa shape index (κ1) is 12.4. The second kappa shape index (κ2) is 6.88. The Labute approximate surface area is 84.1 Å². The van der Waals surface area contributed by atoms with E-state index in [1.54, 1.807) is 0 Å². The van der Waals surface area contributed by atoms with E-state index in [0.29, 0.717) is 13.0 Å². The minimum absolute atomic E-state index is 0.0191. The van der Waals surface area contributed by atoms with Crippen LogP contribution in [-0.4, -0.2) is 24.4 Å². The molecule has 0 radical (unpaired) electrons. The summed E-state index contributed by atoms with van der Waals surface area (Å²) in [6.45, 7) is 9.05. The maximum absolute atomic E-state index is 10.8. The van der Waals surface area contributed by atoms with Crippen molar-refractivity contribution in [3.63, 3.8) is 0 Å². The molecule has 4 heteroatoms. The lowest BCUT2D eigenvalue weighted by molar-refractivity contribution is -0.117. The predicted molar refractivity (Wildman–Crippen MR) is 55.6 cm³/mol. The third kappa shape index (κ3) is 5.99. The Morgan fingerprint density at radius 3 is 2.36 bits per heavy atom. The Balaban J connectivity index is 3.58. The van der Waals surface area contributed by atoms with Crippen molar-refractivity contribution < 1.29 is 9.59 Å². The molecule has 2 amide bonds. The summed E-state index contributed by atoms with van der Waals surface area (Å²) in [6, 6.07) is 0.0191. The lowest BCUT2D eigenvalue weighted by Gasteiger charge is -2.12. The predicted octanol–water partition coefficient (Wildman–Crippen LogP) is 0.369. The number of nitrogens with one attached hydrogen (secondary N) is 2. The Bertz CT molecular complexity index is 236. The molecule has 0 aliphatic rings. The van der Waals surface area contributed by atoms with Crippen molar-refractivity contribution in [1.82, 2.24) is 10.6 Å². The second-order valence-corrected chi connectivity index (χ2v) is 2.90. The topological polar surface area (TPSA) is 58.2 Å². The van der Waals surface area contributed by atoms with Crippen molar-refractivity contribution in [2.45, 2.75) is 19.4 Å². The zero-order valence-electron chi connectivity index (χ0n) is 8.38. The fourth-order valence-corrected chi connectivity index (χ4v) is 0.858. The van der Waals surface area contributed by atoms with Crippen molar-refractivity contribution in [2.24, 2.45) is 0 Å². The summed E-state index contributed by atoms with van der Waals surface area (Å²) in [7, 11) is 0. The van der Waals surface area contributed by atoms with Gasteiger partial charge in [0.15, 0.2) is 0 Å². The second-order valence-electron chi connectivity index (χ2n) is 2.90. The van der Waals surface area contributed by atoms with Crippen molar-refractivity contribution in [3.05, 3.63) is 25.3 Å². The van der Waals surface area contributed by atoms with Crippen molar-refractivity contribution >= 4 is 11.8 Å². The van der Waals surface area contributed by atoms with Crippen LogP contribution < -0.4 is 10.6 Å². The van der Waals surface area contributed by atoms with Gasteiger partial charge in [-0.25, -0.2) is 0 Å². The van der Waals surface area contributed by atoms with Gasteiger partial charge in [-0.3, -0.25) is 9.59 Å². The van der Waals surface area contributed by atoms with E-state index in [1.807, 2.05) is 6.92 Å². The number of amides is 2. The molecule has 14 heavy (non-hydrogen) atoms. The molecule has 0 aromatic carbocycles. The molecule has 0 aliphatic heterocycles. The van der Waals surface area contributed by atoms with Crippen LogP contribution in [0.2, 0.25) is 0 Å². The van der Waals surface area contributed by atoms with Crippen LogP contribution in [0, 0.1) is 0 Å². The molecule has 0 fully saturated rings. The van der Waals surface area contributed by atoms with Gasteiger partial charge in [0.1, 0.15) is 0 Å². The van der Waals surface area contributed by atoms with Crippen LogP contribution >= 0.6 is 0 Å². The summed E-state index contributed by atoms with van der Waals surface area (Å²) in [5, 5.41) is 5.31. The normalized spacial score (nSPS) is 11.2. The van der Waals surface area contributed by atoms with Gasteiger partial charge in [-0.05, 0) is 25.5 Å². The zero-order chi connectivity index (χ0) is 11.0. The quantitative estimate of drug-likeness (QED) is 0.603. The smallest absolute Gasteiger partial charge is 0.243 e. The largest absolute Gasteiger partial charge is 0.352 e. The molecule has 0 bridgehead atoms. The number of carbonyl (C=O) groups excluding carboxylic acids is 2. The summed E-state index contributed by atoms with van der Waals surface area (Å²) in [4.78, 5) is 21.6. The Morgan fingerprint density at radius 1 is 1.29 bits per heavy atom. The van der Waals surface area contributed by atoms with Crippen molar-refractivity contribution in [1.29, 1.82) is 0 Å². The molecule has 2 N–H and O–H groups in total. The summed E-state index contributed by atoms with van der Waals surface area (Å²) in [5.41, 5.74) is 0. The van der Waals surface area contributed by atoms with Gasteiger partial charge >= 0.3 is 0 Å². The van der Waals surface area contributed by atoms with Crippen molar-refractivity contribution in [2.75, 3.05) is 6.54 Å². The third-order valence-corrected chi connectivity index (χ3v) is 1.64. The van der Waals surface area contributed by atoms with E-state index in [1.165, 1.54) is 12.2 Å². The van der Waals surface area contributed by atoms with Crippen LogP contribution in [0.3, 0.4) is 0 Å². The minimum Gasteiger partial charge on any atom is -0.352 e. The lowest BCUT2D eigenvalue weighted by Crippen LogP contribution is -2.34. The van der Waals surface area contributed by atoms with Gasteiger partial charge < -0.3 is 10.6 Å². The summed E-state index contributed by atoms with van der Waals surface area (Å²) < 4.78 is 0. The van der Waals surface area contributed by atoms with E-state index in [9.17, 15) is 9.59 Å². The van der Waals surface area contributed by atoms with Crippen LogP contribution in [0.4, 0.5) is 0 Å². The average molecular weight is 196 g/mol. The minimum atomic E-state index is -0.202. The Kier molecular flexibility index (Phi) is 6.11. The lowest BCUT2D eigenvalue weighted by atomic mass is 10.2. The van der Waals surface area contributed by atoms with Gasteiger partial charge in [-0.1, -0.05) is 13.2 Å². The van der Waals surface area contributed by atoms with E-state index in [4.69, 9.17) is 0 Å². The number of carbonyl (C=O) groups is 2. The SMILES string of the molecule is C=CC(=O)NCCC(C)NC(=O)C=C. The molecule has 0 heterocycles. The monoisotopic (exact) mass is 196 g/mol. The first-order valence-electron chi connectivity index (χ1n) is 4.43. The van der Waals surface area contributed by atoms with Crippen LogP contribution in [0.5, 0.6) is 0 Å². The van der Waals surface area contributed by atoms with Crippen molar-refractivity contribution in [3.8, 4) is 0 Å². The Hall–Kier alpha value is -1.58. The van der Waals surface area contributed by atoms with Crippen LogP contribution in [0.25, 0.3) is 0 Å². The maximum atomic E-state index is 10.8. The van der Waals surface area contributed by atoms with E-state index < -0.39 is 0 Å². The van der Waals surface area contributed by atoms with Crippen LogP contribution in [0.1, 0.15) is 13.3 Å². The zero-order valence-corrected chi connectivity index (χ0v) is 8.38. The molecule has 0 aliphatic carbocycles. The van der Waals surface area contributed by atoms with Crippen LogP contribution in [-0.2, 0) is 9.59 Å².